The van der Waals surface area contributed by atoms with E-state index in [1.165, 1.54) is 16.3 Å². The Kier molecular flexibility index (Phi) is 5.72. The molecule has 152 valence electrons. The molecule has 29 heavy (non-hydrogen) atoms. The van der Waals surface area contributed by atoms with E-state index in [4.69, 9.17) is 0 Å². The first-order valence-corrected chi connectivity index (χ1v) is 11.7. The number of fused-ring (bicyclic) bond motifs is 1. The summed E-state index contributed by atoms with van der Waals surface area (Å²) in [5.41, 5.74) is 2.90. The van der Waals surface area contributed by atoms with E-state index >= 15 is 0 Å². The quantitative estimate of drug-likeness (QED) is 0.650. The van der Waals surface area contributed by atoms with Crippen LogP contribution >= 0.6 is 0 Å². The minimum Gasteiger partial charge on any atom is -0.295 e. The molecule has 0 unspecified atom stereocenters. The van der Waals surface area contributed by atoms with Crippen molar-refractivity contribution in [2.75, 3.05) is 19.6 Å². The lowest BCUT2D eigenvalue weighted by Gasteiger charge is -2.29. The Bertz CT molecular complexity index is 1110. The summed E-state index contributed by atoms with van der Waals surface area (Å²) in [6.45, 7) is 6.13. The monoisotopic (exact) mass is 408 g/mol. The molecule has 0 radical (unpaired) electrons. The number of aryl methyl sites for hydroxylation is 2. The average molecular weight is 409 g/mol. The zero-order chi connectivity index (χ0) is 20.4. The second-order valence-electron chi connectivity index (χ2n) is 7.95. The minimum atomic E-state index is -3.58. The van der Waals surface area contributed by atoms with Gasteiger partial charge in [-0.25, -0.2) is 13.1 Å². The number of nitrogens with zero attached hydrogens (tertiary/aromatic N) is 1. The van der Waals surface area contributed by atoms with Gasteiger partial charge in [0.25, 0.3) is 0 Å². The van der Waals surface area contributed by atoms with Crippen LogP contribution in [0.25, 0.3) is 10.8 Å². The Labute approximate surface area is 173 Å². The predicted molar refractivity (Wildman–Crippen MR) is 119 cm³/mol. The SMILES string of the molecule is Cc1ccc(C)c(S(=O)(=O)NC[C@H](c2cccc3ccccc23)N2CCCC2)c1. The summed E-state index contributed by atoms with van der Waals surface area (Å²) in [4.78, 5) is 2.78. The lowest BCUT2D eigenvalue weighted by atomic mass is 9.98. The summed E-state index contributed by atoms with van der Waals surface area (Å²) in [6.07, 6.45) is 2.32. The van der Waals surface area contributed by atoms with Crippen molar-refractivity contribution in [1.82, 2.24) is 9.62 Å². The maximum atomic E-state index is 13.1. The van der Waals surface area contributed by atoms with Crippen LogP contribution in [0.4, 0.5) is 0 Å². The largest absolute Gasteiger partial charge is 0.295 e. The maximum absolute atomic E-state index is 13.1. The highest BCUT2D eigenvalue weighted by Crippen LogP contribution is 2.31. The van der Waals surface area contributed by atoms with Crippen molar-refractivity contribution in [2.45, 2.75) is 37.6 Å². The number of benzene rings is 3. The minimum absolute atomic E-state index is 0.0171. The van der Waals surface area contributed by atoms with Gasteiger partial charge in [0, 0.05) is 12.6 Å². The predicted octanol–water partition coefficient (Wildman–Crippen LogP) is 4.57. The van der Waals surface area contributed by atoms with Gasteiger partial charge >= 0.3 is 0 Å². The molecular formula is C24H28N2O2S. The zero-order valence-corrected chi connectivity index (χ0v) is 17.9. The highest BCUT2D eigenvalue weighted by atomic mass is 32.2. The molecule has 0 spiro atoms. The van der Waals surface area contributed by atoms with Gasteiger partial charge in [-0.15, -0.1) is 0 Å². The molecule has 4 rings (SSSR count). The van der Waals surface area contributed by atoms with E-state index in [1.54, 1.807) is 6.07 Å². The van der Waals surface area contributed by atoms with Gasteiger partial charge in [-0.2, -0.15) is 0 Å². The van der Waals surface area contributed by atoms with Gasteiger partial charge < -0.3 is 0 Å². The first-order chi connectivity index (χ1) is 14.0. The van der Waals surface area contributed by atoms with Gasteiger partial charge in [0.2, 0.25) is 10.0 Å². The molecule has 1 saturated heterocycles. The molecule has 3 aromatic rings. The van der Waals surface area contributed by atoms with Crippen LogP contribution in [-0.4, -0.2) is 33.0 Å². The van der Waals surface area contributed by atoms with Crippen LogP contribution in [0.15, 0.2) is 65.6 Å². The zero-order valence-electron chi connectivity index (χ0n) is 17.1. The molecule has 0 aromatic heterocycles. The third-order valence-electron chi connectivity index (χ3n) is 5.86. The third kappa shape index (κ3) is 4.22. The number of nitrogens with one attached hydrogen (secondary N) is 1. The normalized spacial score (nSPS) is 16.3. The molecule has 1 heterocycles. The first kappa shape index (κ1) is 20.1. The fraction of sp³-hybridized carbons (Fsp3) is 0.333. The van der Waals surface area contributed by atoms with E-state index in [0.717, 1.165) is 37.1 Å². The topological polar surface area (TPSA) is 49.4 Å². The number of sulfonamides is 1. The van der Waals surface area contributed by atoms with E-state index < -0.39 is 10.0 Å². The molecule has 4 nitrogen and oxygen atoms in total. The average Bonchev–Trinajstić information content (AvgIpc) is 3.24. The van der Waals surface area contributed by atoms with Crippen LogP contribution < -0.4 is 4.72 Å². The fourth-order valence-corrected chi connectivity index (χ4v) is 5.66. The van der Waals surface area contributed by atoms with Crippen LogP contribution in [0.2, 0.25) is 0 Å². The second-order valence-corrected chi connectivity index (χ2v) is 9.68. The Balaban J connectivity index is 1.67. The van der Waals surface area contributed by atoms with Crippen molar-refractivity contribution in [3.05, 3.63) is 77.4 Å². The van der Waals surface area contributed by atoms with E-state index in [9.17, 15) is 8.42 Å². The van der Waals surface area contributed by atoms with E-state index in [-0.39, 0.29) is 6.04 Å². The molecule has 1 fully saturated rings. The molecular weight excluding hydrogens is 380 g/mol. The van der Waals surface area contributed by atoms with E-state index in [0.29, 0.717) is 11.4 Å². The second kappa shape index (κ2) is 8.27. The number of hydrogen-bond acceptors (Lipinski definition) is 3. The number of likely N-dealkylation sites (tertiary alicyclic amines) is 1. The molecule has 0 amide bonds. The molecule has 0 saturated carbocycles. The summed E-state index contributed by atoms with van der Waals surface area (Å²) in [6, 6.07) is 20.2. The lowest BCUT2D eigenvalue weighted by molar-refractivity contribution is 0.248. The van der Waals surface area contributed by atoms with Crippen LogP contribution in [0.1, 0.15) is 35.6 Å². The molecule has 3 aromatic carbocycles. The van der Waals surface area contributed by atoms with Gasteiger partial charge in [0.05, 0.1) is 4.90 Å². The molecule has 5 heteroatoms. The number of hydrogen-bond donors (Lipinski definition) is 1. The molecule has 1 aliphatic heterocycles. The summed E-state index contributed by atoms with van der Waals surface area (Å²) in [5.74, 6) is 0. The van der Waals surface area contributed by atoms with E-state index in [2.05, 4.69) is 40.0 Å². The summed E-state index contributed by atoms with van der Waals surface area (Å²) < 4.78 is 29.1. The van der Waals surface area contributed by atoms with E-state index in [1.807, 2.05) is 38.1 Å². The Morgan fingerprint density at radius 1 is 0.966 bits per heavy atom. The summed E-state index contributed by atoms with van der Waals surface area (Å²) in [7, 11) is -3.58. The molecule has 1 atom stereocenters. The Hall–Kier alpha value is -2.21. The van der Waals surface area contributed by atoms with Gasteiger partial charge in [0.1, 0.15) is 0 Å². The summed E-state index contributed by atoms with van der Waals surface area (Å²) >= 11 is 0. The Morgan fingerprint density at radius 2 is 1.69 bits per heavy atom. The molecule has 0 bridgehead atoms. The van der Waals surface area contributed by atoms with Crippen molar-refractivity contribution < 1.29 is 8.42 Å². The fourth-order valence-electron chi connectivity index (χ4n) is 4.29. The standard InChI is InChI=1S/C24H28N2O2S/c1-18-12-13-19(2)24(16-18)29(27,28)25-17-23(26-14-5-6-15-26)22-11-7-9-20-8-3-4-10-21(20)22/h3-4,7-13,16,23,25H,5-6,14-15,17H2,1-2H3/t23-/m1/s1. The molecule has 1 aliphatic rings. The van der Waals surface area contributed by atoms with Crippen LogP contribution in [-0.2, 0) is 10.0 Å². The van der Waals surface area contributed by atoms with Crippen molar-refractivity contribution >= 4 is 20.8 Å². The van der Waals surface area contributed by atoms with Crippen molar-refractivity contribution in [3.63, 3.8) is 0 Å². The van der Waals surface area contributed by atoms with Gasteiger partial charge in [-0.3, -0.25) is 4.90 Å². The van der Waals surface area contributed by atoms with Crippen molar-refractivity contribution in [3.8, 4) is 0 Å². The number of rotatable bonds is 6. The Morgan fingerprint density at radius 3 is 2.48 bits per heavy atom. The maximum Gasteiger partial charge on any atom is 0.240 e. The first-order valence-electron chi connectivity index (χ1n) is 10.2. The smallest absolute Gasteiger partial charge is 0.240 e. The lowest BCUT2D eigenvalue weighted by Crippen LogP contribution is -2.37. The van der Waals surface area contributed by atoms with Crippen molar-refractivity contribution in [1.29, 1.82) is 0 Å². The van der Waals surface area contributed by atoms with Crippen molar-refractivity contribution in [2.24, 2.45) is 0 Å². The summed E-state index contributed by atoms with van der Waals surface area (Å²) in [5, 5.41) is 2.38. The molecule has 0 aliphatic carbocycles. The van der Waals surface area contributed by atoms with Crippen LogP contribution in [0.5, 0.6) is 0 Å². The van der Waals surface area contributed by atoms with Gasteiger partial charge in [-0.1, -0.05) is 54.6 Å². The molecule has 1 N–H and O–H groups in total. The van der Waals surface area contributed by atoms with Gasteiger partial charge in [-0.05, 0) is 73.3 Å². The van der Waals surface area contributed by atoms with Crippen LogP contribution in [0.3, 0.4) is 0 Å². The van der Waals surface area contributed by atoms with Gasteiger partial charge in [0.15, 0.2) is 0 Å². The highest BCUT2D eigenvalue weighted by Gasteiger charge is 2.27. The van der Waals surface area contributed by atoms with Crippen LogP contribution in [0, 0.1) is 13.8 Å². The third-order valence-corrected chi connectivity index (χ3v) is 7.43. The highest BCUT2D eigenvalue weighted by molar-refractivity contribution is 7.89.